The van der Waals surface area contributed by atoms with Gasteiger partial charge in [-0.25, -0.2) is 0 Å². The third-order valence-corrected chi connectivity index (χ3v) is 4.30. The largest absolute Gasteiger partial charge is 0.497 e. The Balaban J connectivity index is 1.66. The summed E-state index contributed by atoms with van der Waals surface area (Å²) in [6.07, 6.45) is 8.06. The molecule has 0 radical (unpaired) electrons. The molecule has 0 bridgehead atoms. The molecule has 0 saturated heterocycles. The van der Waals surface area contributed by atoms with Crippen molar-refractivity contribution in [2.45, 2.75) is 44.6 Å². The second-order valence-electron chi connectivity index (χ2n) is 5.70. The molecular formula is C16H23NO. The van der Waals surface area contributed by atoms with E-state index < -0.39 is 0 Å². The maximum atomic E-state index is 5.32. The van der Waals surface area contributed by atoms with Gasteiger partial charge < -0.3 is 10.1 Å². The van der Waals surface area contributed by atoms with Crippen molar-refractivity contribution in [2.75, 3.05) is 13.7 Å². The predicted octanol–water partition coefficient (Wildman–Crippen LogP) is 3.46. The Kier molecular flexibility index (Phi) is 3.55. The van der Waals surface area contributed by atoms with Crippen molar-refractivity contribution >= 4 is 0 Å². The quantitative estimate of drug-likeness (QED) is 0.857. The first kappa shape index (κ1) is 12.0. The highest BCUT2D eigenvalue weighted by atomic mass is 16.5. The minimum atomic E-state index is 0.568. The minimum absolute atomic E-state index is 0.568. The van der Waals surface area contributed by atoms with Gasteiger partial charge in [-0.1, -0.05) is 18.9 Å². The molecule has 0 heterocycles. The molecule has 1 fully saturated rings. The second-order valence-corrected chi connectivity index (χ2v) is 5.70. The van der Waals surface area contributed by atoms with Gasteiger partial charge in [-0.2, -0.15) is 0 Å². The van der Waals surface area contributed by atoms with Crippen molar-refractivity contribution in [3.63, 3.8) is 0 Å². The van der Waals surface area contributed by atoms with E-state index in [4.69, 9.17) is 4.74 Å². The van der Waals surface area contributed by atoms with Gasteiger partial charge in [0.2, 0.25) is 0 Å². The van der Waals surface area contributed by atoms with Gasteiger partial charge in [0.25, 0.3) is 0 Å². The Morgan fingerprint density at radius 3 is 2.94 bits per heavy atom. The summed E-state index contributed by atoms with van der Waals surface area (Å²) in [5.41, 5.74) is 2.97. The lowest BCUT2D eigenvalue weighted by Crippen LogP contribution is -2.26. The van der Waals surface area contributed by atoms with Gasteiger partial charge in [-0.15, -0.1) is 0 Å². The molecule has 1 N–H and O–H groups in total. The monoisotopic (exact) mass is 245 g/mol. The molecule has 0 aliphatic heterocycles. The van der Waals surface area contributed by atoms with E-state index in [0.717, 1.165) is 11.7 Å². The molecule has 1 aromatic carbocycles. The van der Waals surface area contributed by atoms with Crippen LogP contribution in [0, 0.1) is 5.92 Å². The number of hydrogen-bond donors (Lipinski definition) is 1. The number of methoxy groups -OCH3 is 1. The fourth-order valence-electron chi connectivity index (χ4n) is 3.00. The third-order valence-electron chi connectivity index (χ3n) is 4.30. The fourth-order valence-corrected chi connectivity index (χ4v) is 3.00. The molecule has 2 heteroatoms. The van der Waals surface area contributed by atoms with Crippen molar-refractivity contribution in [3.8, 4) is 5.75 Å². The summed E-state index contributed by atoms with van der Waals surface area (Å²) in [7, 11) is 1.75. The number of benzene rings is 1. The first-order chi connectivity index (χ1) is 8.86. The summed E-state index contributed by atoms with van der Waals surface area (Å²) in [6.45, 7) is 1.18. The molecule has 1 aromatic rings. The van der Waals surface area contributed by atoms with E-state index in [0.29, 0.717) is 6.04 Å². The zero-order chi connectivity index (χ0) is 12.4. The molecule has 98 valence electrons. The normalized spacial score (nSPS) is 22.6. The van der Waals surface area contributed by atoms with Crippen molar-refractivity contribution in [1.82, 2.24) is 5.32 Å². The fraction of sp³-hybridized carbons (Fsp3) is 0.625. The van der Waals surface area contributed by atoms with Crippen LogP contribution >= 0.6 is 0 Å². The zero-order valence-corrected chi connectivity index (χ0v) is 11.2. The molecule has 2 aliphatic carbocycles. The molecule has 0 amide bonds. The molecule has 1 saturated carbocycles. The average Bonchev–Trinajstić information content (AvgIpc) is 3.22. The van der Waals surface area contributed by atoms with E-state index in [1.165, 1.54) is 56.2 Å². The van der Waals surface area contributed by atoms with Gasteiger partial charge in [0.15, 0.2) is 0 Å². The van der Waals surface area contributed by atoms with Gasteiger partial charge in [0.05, 0.1) is 7.11 Å². The Morgan fingerprint density at radius 1 is 1.28 bits per heavy atom. The van der Waals surface area contributed by atoms with E-state index in [1.807, 2.05) is 0 Å². The molecule has 2 aliphatic rings. The molecule has 2 nitrogen and oxygen atoms in total. The highest BCUT2D eigenvalue weighted by molar-refractivity contribution is 5.39. The van der Waals surface area contributed by atoms with E-state index >= 15 is 0 Å². The third kappa shape index (κ3) is 2.69. The minimum Gasteiger partial charge on any atom is -0.497 e. The van der Waals surface area contributed by atoms with Crippen LogP contribution in [0.1, 0.15) is 49.3 Å². The van der Waals surface area contributed by atoms with E-state index in [2.05, 4.69) is 23.5 Å². The van der Waals surface area contributed by atoms with Crippen molar-refractivity contribution in [2.24, 2.45) is 5.92 Å². The molecule has 0 aromatic heterocycles. The first-order valence-electron chi connectivity index (χ1n) is 7.27. The Morgan fingerprint density at radius 2 is 2.17 bits per heavy atom. The summed E-state index contributed by atoms with van der Waals surface area (Å²) in [6, 6.07) is 7.13. The van der Waals surface area contributed by atoms with Crippen molar-refractivity contribution in [1.29, 1.82) is 0 Å². The Labute approximate surface area is 110 Å². The molecule has 18 heavy (non-hydrogen) atoms. The molecular weight excluding hydrogens is 222 g/mol. The summed E-state index contributed by atoms with van der Waals surface area (Å²) in [5, 5.41) is 3.75. The van der Waals surface area contributed by atoms with Crippen LogP contribution in [0.5, 0.6) is 5.75 Å². The summed E-state index contributed by atoms with van der Waals surface area (Å²) >= 11 is 0. The van der Waals surface area contributed by atoms with Gasteiger partial charge >= 0.3 is 0 Å². The molecule has 1 atom stereocenters. The van der Waals surface area contributed by atoms with Gasteiger partial charge in [0, 0.05) is 6.04 Å². The van der Waals surface area contributed by atoms with Crippen LogP contribution < -0.4 is 10.1 Å². The van der Waals surface area contributed by atoms with Crippen LogP contribution in [0.4, 0.5) is 0 Å². The van der Waals surface area contributed by atoms with Crippen LogP contribution in [-0.4, -0.2) is 13.7 Å². The smallest absolute Gasteiger partial charge is 0.119 e. The topological polar surface area (TPSA) is 21.3 Å². The van der Waals surface area contributed by atoms with E-state index in [1.54, 1.807) is 7.11 Å². The van der Waals surface area contributed by atoms with Crippen LogP contribution in [-0.2, 0) is 6.42 Å². The maximum Gasteiger partial charge on any atom is 0.119 e. The van der Waals surface area contributed by atoms with E-state index in [-0.39, 0.29) is 0 Å². The lowest BCUT2D eigenvalue weighted by Gasteiger charge is -2.27. The summed E-state index contributed by atoms with van der Waals surface area (Å²) in [5.74, 6) is 2.02. The Hall–Kier alpha value is -1.02. The summed E-state index contributed by atoms with van der Waals surface area (Å²) in [4.78, 5) is 0. The number of hydrogen-bond acceptors (Lipinski definition) is 2. The molecule has 1 unspecified atom stereocenters. The van der Waals surface area contributed by atoms with Crippen molar-refractivity contribution < 1.29 is 4.74 Å². The number of aryl methyl sites for hydroxylation is 1. The second kappa shape index (κ2) is 5.31. The van der Waals surface area contributed by atoms with Gasteiger partial charge in [0.1, 0.15) is 5.75 Å². The van der Waals surface area contributed by atoms with Crippen LogP contribution in [0.25, 0.3) is 0 Å². The number of rotatable bonds is 5. The van der Waals surface area contributed by atoms with Crippen molar-refractivity contribution in [3.05, 3.63) is 29.3 Å². The highest BCUT2D eigenvalue weighted by Crippen LogP contribution is 2.34. The first-order valence-corrected chi connectivity index (χ1v) is 7.27. The number of ether oxygens (including phenoxy) is 1. The number of fused-ring (bicyclic) bond motifs is 1. The lowest BCUT2D eigenvalue weighted by atomic mass is 9.87. The number of nitrogens with one attached hydrogen (secondary N) is 1. The maximum absolute atomic E-state index is 5.32. The van der Waals surface area contributed by atoms with Crippen LogP contribution in [0.3, 0.4) is 0 Å². The highest BCUT2D eigenvalue weighted by Gasteiger charge is 2.23. The average molecular weight is 245 g/mol. The Bertz CT molecular complexity index is 412. The van der Waals surface area contributed by atoms with Gasteiger partial charge in [-0.3, -0.25) is 0 Å². The lowest BCUT2D eigenvalue weighted by molar-refractivity contribution is 0.410. The van der Waals surface area contributed by atoms with E-state index in [9.17, 15) is 0 Å². The SMILES string of the molecule is COc1ccc2c(c1)CCCC2NCCC1CC1. The van der Waals surface area contributed by atoms with Crippen LogP contribution in [0.2, 0.25) is 0 Å². The van der Waals surface area contributed by atoms with Crippen LogP contribution in [0.15, 0.2) is 18.2 Å². The standard InChI is InChI=1S/C16H23NO/c1-18-14-7-8-15-13(11-14)3-2-4-16(15)17-10-9-12-5-6-12/h7-8,11-12,16-17H,2-6,9-10H2,1H3. The summed E-state index contributed by atoms with van der Waals surface area (Å²) < 4.78 is 5.32. The zero-order valence-electron chi connectivity index (χ0n) is 11.2. The predicted molar refractivity (Wildman–Crippen MR) is 74.0 cm³/mol. The molecule has 3 rings (SSSR count). The molecule has 0 spiro atoms. The van der Waals surface area contributed by atoms with Gasteiger partial charge in [-0.05, 0) is 61.4 Å².